The average molecular weight is 348 g/mol. The van der Waals surface area contributed by atoms with Crippen molar-refractivity contribution in [3.63, 3.8) is 0 Å². The quantitative estimate of drug-likeness (QED) is 0.900. The molecule has 24 heavy (non-hydrogen) atoms. The summed E-state index contributed by atoms with van der Waals surface area (Å²) in [6.07, 6.45) is 0. The van der Waals surface area contributed by atoms with E-state index in [0.29, 0.717) is 19.1 Å². The fraction of sp³-hybridized carbons (Fsp3) is 0.529. The summed E-state index contributed by atoms with van der Waals surface area (Å²) in [5.41, 5.74) is 0.993. The standard InChI is InChI=1S/C17H24N4O2S/c1-13(21-7-9-23-10-8-21)11-18-17(22)20(2)12-16-19-14-5-3-4-6-15(14)24-16/h3-6,13H,7-12H2,1-2H3,(H,18,22). The second kappa shape index (κ2) is 7.92. The molecule has 0 spiro atoms. The lowest BCUT2D eigenvalue weighted by atomic mass is 10.2. The Hall–Kier alpha value is -1.70. The van der Waals surface area contributed by atoms with Crippen LogP contribution in [0.1, 0.15) is 11.9 Å². The number of ether oxygens (including phenoxy) is 1. The number of hydrogen-bond acceptors (Lipinski definition) is 5. The molecule has 0 radical (unpaired) electrons. The third kappa shape index (κ3) is 4.23. The van der Waals surface area contributed by atoms with Gasteiger partial charge in [-0.05, 0) is 19.1 Å². The average Bonchev–Trinajstić information content (AvgIpc) is 3.02. The summed E-state index contributed by atoms with van der Waals surface area (Å²) in [6, 6.07) is 8.30. The topological polar surface area (TPSA) is 57.7 Å². The zero-order valence-electron chi connectivity index (χ0n) is 14.2. The van der Waals surface area contributed by atoms with Crippen LogP contribution in [0.3, 0.4) is 0 Å². The van der Waals surface area contributed by atoms with Crippen molar-refractivity contribution in [2.24, 2.45) is 0 Å². The summed E-state index contributed by atoms with van der Waals surface area (Å²) in [5.74, 6) is 0. The van der Waals surface area contributed by atoms with Gasteiger partial charge in [-0.3, -0.25) is 4.90 Å². The van der Waals surface area contributed by atoms with E-state index in [9.17, 15) is 4.79 Å². The zero-order valence-corrected chi connectivity index (χ0v) is 15.0. The summed E-state index contributed by atoms with van der Waals surface area (Å²) in [6.45, 7) is 6.71. The van der Waals surface area contributed by atoms with Gasteiger partial charge in [0.1, 0.15) is 5.01 Å². The Kier molecular flexibility index (Phi) is 5.65. The van der Waals surface area contributed by atoms with E-state index in [-0.39, 0.29) is 6.03 Å². The number of thiazole rings is 1. The summed E-state index contributed by atoms with van der Waals surface area (Å²) in [7, 11) is 1.81. The largest absolute Gasteiger partial charge is 0.379 e. The molecule has 1 unspecified atom stereocenters. The Morgan fingerprint density at radius 1 is 1.42 bits per heavy atom. The molecule has 1 aromatic carbocycles. The number of hydrogen-bond donors (Lipinski definition) is 1. The lowest BCUT2D eigenvalue weighted by Gasteiger charge is -2.32. The Morgan fingerprint density at radius 3 is 2.92 bits per heavy atom. The highest BCUT2D eigenvalue weighted by molar-refractivity contribution is 7.18. The minimum absolute atomic E-state index is 0.0608. The van der Waals surface area contributed by atoms with E-state index in [1.807, 2.05) is 18.2 Å². The van der Waals surface area contributed by atoms with E-state index in [4.69, 9.17) is 4.74 Å². The number of amides is 2. The second-order valence-electron chi connectivity index (χ2n) is 6.11. The molecule has 0 saturated carbocycles. The van der Waals surface area contributed by atoms with Crippen LogP contribution in [0.2, 0.25) is 0 Å². The molecule has 1 aliphatic heterocycles. The van der Waals surface area contributed by atoms with Gasteiger partial charge in [0.25, 0.3) is 0 Å². The molecule has 7 heteroatoms. The monoisotopic (exact) mass is 348 g/mol. The van der Waals surface area contributed by atoms with Gasteiger partial charge in [-0.1, -0.05) is 12.1 Å². The van der Waals surface area contributed by atoms with Crippen molar-refractivity contribution in [3.8, 4) is 0 Å². The minimum Gasteiger partial charge on any atom is -0.379 e. The molecule has 1 atom stereocenters. The first-order valence-electron chi connectivity index (χ1n) is 8.28. The zero-order chi connectivity index (χ0) is 16.9. The number of aromatic nitrogens is 1. The molecule has 3 rings (SSSR count). The Morgan fingerprint density at radius 2 is 2.17 bits per heavy atom. The highest BCUT2D eigenvalue weighted by Crippen LogP contribution is 2.22. The van der Waals surface area contributed by atoms with E-state index in [1.54, 1.807) is 23.3 Å². The van der Waals surface area contributed by atoms with Gasteiger partial charge in [0.15, 0.2) is 0 Å². The number of nitrogens with zero attached hydrogens (tertiary/aromatic N) is 3. The minimum atomic E-state index is -0.0608. The molecule has 1 aromatic heterocycles. The Bertz CT molecular complexity index is 651. The number of carbonyl (C=O) groups is 1. The number of morpholine rings is 1. The molecule has 0 aliphatic carbocycles. The number of carbonyl (C=O) groups excluding carboxylic acids is 1. The Balaban J connectivity index is 1.49. The third-order valence-electron chi connectivity index (χ3n) is 4.28. The maximum absolute atomic E-state index is 12.3. The van der Waals surface area contributed by atoms with Crippen LogP contribution >= 0.6 is 11.3 Å². The molecule has 0 bridgehead atoms. The van der Waals surface area contributed by atoms with Gasteiger partial charge in [-0.15, -0.1) is 11.3 Å². The summed E-state index contributed by atoms with van der Waals surface area (Å²) < 4.78 is 6.52. The lowest BCUT2D eigenvalue weighted by Crippen LogP contribution is -2.49. The fourth-order valence-electron chi connectivity index (χ4n) is 2.78. The van der Waals surface area contributed by atoms with Gasteiger partial charge in [0.05, 0.1) is 30.0 Å². The van der Waals surface area contributed by atoms with Crippen LogP contribution in [0, 0.1) is 0 Å². The maximum atomic E-state index is 12.3. The summed E-state index contributed by atoms with van der Waals surface area (Å²) in [5, 5.41) is 3.97. The van der Waals surface area contributed by atoms with Crippen molar-refractivity contribution in [1.82, 2.24) is 20.1 Å². The molecular formula is C17H24N4O2S. The van der Waals surface area contributed by atoms with E-state index < -0.39 is 0 Å². The Labute approximate surface area is 146 Å². The fourth-order valence-corrected chi connectivity index (χ4v) is 3.80. The van der Waals surface area contributed by atoms with Crippen LogP contribution in [-0.2, 0) is 11.3 Å². The van der Waals surface area contributed by atoms with Gasteiger partial charge >= 0.3 is 6.03 Å². The first kappa shape index (κ1) is 17.1. The number of rotatable bonds is 5. The van der Waals surface area contributed by atoms with Crippen molar-refractivity contribution in [2.45, 2.75) is 19.5 Å². The van der Waals surface area contributed by atoms with Gasteiger partial charge in [0, 0.05) is 32.7 Å². The predicted molar refractivity (Wildman–Crippen MR) is 96.3 cm³/mol. The van der Waals surface area contributed by atoms with Crippen LogP contribution < -0.4 is 5.32 Å². The highest BCUT2D eigenvalue weighted by Gasteiger charge is 2.18. The molecule has 2 amide bonds. The SMILES string of the molecule is CC(CNC(=O)N(C)Cc1nc2ccccc2s1)N1CCOCC1. The molecule has 1 aliphatic rings. The molecule has 2 aromatic rings. The van der Waals surface area contributed by atoms with E-state index in [2.05, 4.69) is 28.2 Å². The lowest BCUT2D eigenvalue weighted by molar-refractivity contribution is 0.0207. The van der Waals surface area contributed by atoms with Crippen LogP contribution in [-0.4, -0.2) is 66.8 Å². The third-order valence-corrected chi connectivity index (χ3v) is 5.30. The van der Waals surface area contributed by atoms with Crippen LogP contribution in [0.15, 0.2) is 24.3 Å². The number of nitrogens with one attached hydrogen (secondary N) is 1. The van der Waals surface area contributed by atoms with E-state index >= 15 is 0 Å². The molecule has 130 valence electrons. The van der Waals surface area contributed by atoms with Crippen LogP contribution in [0.5, 0.6) is 0 Å². The van der Waals surface area contributed by atoms with E-state index in [1.165, 1.54) is 0 Å². The smallest absolute Gasteiger partial charge is 0.317 e. The molecule has 2 heterocycles. The number of fused-ring (bicyclic) bond motifs is 1. The molecule has 1 fully saturated rings. The van der Waals surface area contributed by atoms with Crippen molar-refractivity contribution in [1.29, 1.82) is 0 Å². The number of urea groups is 1. The van der Waals surface area contributed by atoms with Gasteiger partial charge in [-0.2, -0.15) is 0 Å². The van der Waals surface area contributed by atoms with Crippen molar-refractivity contribution in [3.05, 3.63) is 29.3 Å². The summed E-state index contributed by atoms with van der Waals surface area (Å²) >= 11 is 1.64. The first-order chi connectivity index (χ1) is 11.6. The van der Waals surface area contributed by atoms with Gasteiger partial charge < -0.3 is 15.0 Å². The van der Waals surface area contributed by atoms with Crippen LogP contribution in [0.4, 0.5) is 4.79 Å². The molecule has 1 N–H and O–H groups in total. The first-order valence-corrected chi connectivity index (χ1v) is 9.10. The van der Waals surface area contributed by atoms with Crippen LogP contribution in [0.25, 0.3) is 10.2 Å². The van der Waals surface area contributed by atoms with E-state index in [0.717, 1.165) is 41.5 Å². The number of para-hydroxylation sites is 1. The summed E-state index contributed by atoms with van der Waals surface area (Å²) in [4.78, 5) is 20.9. The normalized spacial score (nSPS) is 16.9. The maximum Gasteiger partial charge on any atom is 0.317 e. The number of benzene rings is 1. The van der Waals surface area contributed by atoms with Crippen molar-refractivity contribution in [2.75, 3.05) is 39.9 Å². The van der Waals surface area contributed by atoms with Crippen molar-refractivity contribution < 1.29 is 9.53 Å². The molecular weight excluding hydrogens is 324 g/mol. The second-order valence-corrected chi connectivity index (χ2v) is 7.23. The highest BCUT2D eigenvalue weighted by atomic mass is 32.1. The van der Waals surface area contributed by atoms with Gasteiger partial charge in [0.2, 0.25) is 0 Å². The molecule has 1 saturated heterocycles. The predicted octanol–water partition coefficient (Wildman–Crippen LogP) is 2.16. The van der Waals surface area contributed by atoms with Crippen molar-refractivity contribution >= 4 is 27.6 Å². The molecule has 6 nitrogen and oxygen atoms in total. The van der Waals surface area contributed by atoms with Gasteiger partial charge in [-0.25, -0.2) is 9.78 Å².